The zero-order valence-corrected chi connectivity index (χ0v) is 21.7. The summed E-state index contributed by atoms with van der Waals surface area (Å²) in [6.45, 7) is 3.27. The normalized spacial score (nSPS) is 20.6. The van der Waals surface area contributed by atoms with Crippen molar-refractivity contribution in [2.75, 3.05) is 46.9 Å². The lowest BCUT2D eigenvalue weighted by molar-refractivity contribution is -0.127. The number of guanidine groups is 1. The molecular weight excluding hydrogens is 527 g/mol. The van der Waals surface area contributed by atoms with E-state index in [0.29, 0.717) is 11.9 Å². The van der Waals surface area contributed by atoms with Crippen molar-refractivity contribution in [3.63, 3.8) is 0 Å². The molecule has 6 nitrogen and oxygen atoms in total. The Labute approximate surface area is 208 Å². The molecule has 0 radical (unpaired) electrons. The summed E-state index contributed by atoms with van der Waals surface area (Å²) >= 11 is 6.61. The highest BCUT2D eigenvalue weighted by Crippen LogP contribution is 2.41. The molecule has 1 aromatic rings. The average molecular weight is 563 g/mol. The van der Waals surface area contributed by atoms with E-state index < -0.39 is 0 Å². The van der Waals surface area contributed by atoms with Gasteiger partial charge in [-0.1, -0.05) is 49.1 Å². The summed E-state index contributed by atoms with van der Waals surface area (Å²) in [6, 6.07) is 8.20. The number of halogens is 2. The number of hydrogen-bond acceptors (Lipinski definition) is 3. The van der Waals surface area contributed by atoms with Crippen molar-refractivity contribution in [3.05, 3.63) is 34.9 Å². The molecule has 1 heterocycles. The van der Waals surface area contributed by atoms with Crippen LogP contribution in [0.25, 0.3) is 0 Å². The molecule has 1 amide bonds. The van der Waals surface area contributed by atoms with Gasteiger partial charge in [0.15, 0.2) is 5.96 Å². The van der Waals surface area contributed by atoms with Crippen LogP contribution in [0.5, 0.6) is 0 Å². The van der Waals surface area contributed by atoms with Crippen molar-refractivity contribution in [2.24, 2.45) is 10.9 Å². The highest BCUT2D eigenvalue weighted by atomic mass is 127. The van der Waals surface area contributed by atoms with Gasteiger partial charge >= 0.3 is 0 Å². The molecule has 0 bridgehead atoms. The zero-order chi connectivity index (χ0) is 21.4. The Morgan fingerprint density at radius 3 is 2.61 bits per heavy atom. The highest BCUT2D eigenvalue weighted by Gasteiger charge is 2.35. The van der Waals surface area contributed by atoms with E-state index in [1.807, 2.05) is 12.1 Å². The number of likely N-dealkylation sites (N-methyl/N-ethyl adjacent to an activating group) is 1. The van der Waals surface area contributed by atoms with E-state index in [2.05, 4.69) is 27.8 Å². The molecule has 1 saturated heterocycles. The Balaban J connectivity index is 0.00000341. The Morgan fingerprint density at radius 1 is 1.23 bits per heavy atom. The van der Waals surface area contributed by atoms with Gasteiger partial charge in [0.05, 0.1) is 6.61 Å². The molecule has 8 heteroatoms. The van der Waals surface area contributed by atoms with Gasteiger partial charge in [-0.3, -0.25) is 4.79 Å². The molecule has 2 N–H and O–H groups in total. The highest BCUT2D eigenvalue weighted by molar-refractivity contribution is 14.0. The summed E-state index contributed by atoms with van der Waals surface area (Å²) in [5, 5.41) is 7.81. The number of nitrogens with zero attached hydrogens (tertiary/aromatic N) is 2. The average Bonchev–Trinajstić information content (AvgIpc) is 3.27. The lowest BCUT2D eigenvalue weighted by Gasteiger charge is -2.39. The Bertz CT molecular complexity index is 732. The van der Waals surface area contributed by atoms with E-state index in [-0.39, 0.29) is 41.8 Å². The second-order valence-corrected chi connectivity index (χ2v) is 9.15. The fourth-order valence-electron chi connectivity index (χ4n) is 4.36. The molecule has 0 spiro atoms. The molecule has 31 heavy (non-hydrogen) atoms. The number of nitrogens with one attached hydrogen (secondary N) is 2. The van der Waals surface area contributed by atoms with Crippen LogP contribution < -0.4 is 10.6 Å². The van der Waals surface area contributed by atoms with Gasteiger partial charge in [-0.05, 0) is 30.9 Å². The summed E-state index contributed by atoms with van der Waals surface area (Å²) < 4.78 is 5.49. The minimum absolute atomic E-state index is 0. The van der Waals surface area contributed by atoms with E-state index in [9.17, 15) is 4.79 Å². The third-order valence-electron chi connectivity index (χ3n) is 6.30. The Hall–Kier alpha value is -1.06. The maximum absolute atomic E-state index is 12.1. The van der Waals surface area contributed by atoms with Crippen molar-refractivity contribution in [1.29, 1.82) is 0 Å². The predicted octanol–water partition coefficient (Wildman–Crippen LogP) is 3.82. The Kier molecular flexibility index (Phi) is 10.9. The minimum Gasteiger partial charge on any atom is -0.381 e. The van der Waals surface area contributed by atoms with Crippen molar-refractivity contribution in [2.45, 2.75) is 43.9 Å². The van der Waals surface area contributed by atoms with Crippen LogP contribution in [0.1, 0.15) is 44.1 Å². The number of aliphatic imine (C=N–C) groups is 1. The number of benzene rings is 1. The third-order valence-corrected chi connectivity index (χ3v) is 6.63. The first kappa shape index (κ1) is 26.2. The molecule has 1 aromatic carbocycles. The lowest BCUT2D eigenvalue weighted by atomic mass is 9.69. The molecule has 1 aliphatic carbocycles. The van der Waals surface area contributed by atoms with Crippen LogP contribution in [-0.2, 0) is 14.9 Å². The number of carbonyl (C=O) groups excluding carboxylic acids is 1. The van der Waals surface area contributed by atoms with E-state index in [0.717, 1.165) is 50.6 Å². The smallest absolute Gasteiger partial charge is 0.243 e. The molecule has 1 aliphatic heterocycles. The number of rotatable bonds is 7. The van der Waals surface area contributed by atoms with Gasteiger partial charge in [0.25, 0.3) is 0 Å². The van der Waals surface area contributed by atoms with Gasteiger partial charge in [0.1, 0.15) is 6.54 Å². The van der Waals surface area contributed by atoms with Gasteiger partial charge in [-0.2, -0.15) is 0 Å². The van der Waals surface area contributed by atoms with E-state index in [1.165, 1.54) is 24.8 Å². The molecular formula is C23H36ClIN4O2. The van der Waals surface area contributed by atoms with Gasteiger partial charge in [-0.25, -0.2) is 4.99 Å². The minimum atomic E-state index is -0.0150. The largest absolute Gasteiger partial charge is 0.381 e. The molecule has 0 aromatic heterocycles. The first-order valence-corrected chi connectivity index (χ1v) is 11.4. The SMILES string of the molecule is CN(C)C(=O)CN=C(NCC1CCOC1)NCC1(c2ccccc2Cl)CCCCC1.I. The summed E-state index contributed by atoms with van der Waals surface area (Å²) in [7, 11) is 3.51. The summed E-state index contributed by atoms with van der Waals surface area (Å²) in [5.74, 6) is 1.15. The van der Waals surface area contributed by atoms with Gasteiger partial charge < -0.3 is 20.3 Å². The molecule has 3 rings (SSSR count). The molecule has 2 aliphatic rings. The monoisotopic (exact) mass is 562 g/mol. The number of ether oxygens (including phenoxy) is 1. The van der Waals surface area contributed by atoms with E-state index >= 15 is 0 Å². The van der Waals surface area contributed by atoms with Crippen molar-refractivity contribution in [1.82, 2.24) is 15.5 Å². The summed E-state index contributed by atoms with van der Waals surface area (Å²) in [4.78, 5) is 18.2. The van der Waals surface area contributed by atoms with Crippen LogP contribution in [0.4, 0.5) is 0 Å². The number of hydrogen-bond donors (Lipinski definition) is 2. The number of carbonyl (C=O) groups is 1. The van der Waals surface area contributed by atoms with Crippen LogP contribution in [0.15, 0.2) is 29.3 Å². The van der Waals surface area contributed by atoms with Crippen LogP contribution in [0.2, 0.25) is 5.02 Å². The van der Waals surface area contributed by atoms with E-state index in [4.69, 9.17) is 16.3 Å². The predicted molar refractivity (Wildman–Crippen MR) is 138 cm³/mol. The molecule has 1 saturated carbocycles. The summed E-state index contributed by atoms with van der Waals surface area (Å²) in [5.41, 5.74) is 1.20. The maximum Gasteiger partial charge on any atom is 0.243 e. The lowest BCUT2D eigenvalue weighted by Crippen LogP contribution is -2.48. The third kappa shape index (κ3) is 7.49. The van der Waals surface area contributed by atoms with Crippen molar-refractivity contribution >= 4 is 47.4 Å². The molecule has 174 valence electrons. The maximum atomic E-state index is 12.1. The van der Waals surface area contributed by atoms with E-state index in [1.54, 1.807) is 19.0 Å². The zero-order valence-electron chi connectivity index (χ0n) is 18.7. The van der Waals surface area contributed by atoms with Crippen LogP contribution in [0, 0.1) is 5.92 Å². The topological polar surface area (TPSA) is 66.0 Å². The first-order chi connectivity index (χ1) is 14.5. The van der Waals surface area contributed by atoms with Gasteiger partial charge in [0.2, 0.25) is 5.91 Å². The second kappa shape index (κ2) is 12.8. The quantitative estimate of drug-likeness (QED) is 0.301. The second-order valence-electron chi connectivity index (χ2n) is 8.74. The number of amides is 1. The fourth-order valence-corrected chi connectivity index (χ4v) is 4.70. The molecule has 1 unspecified atom stereocenters. The Morgan fingerprint density at radius 2 is 1.97 bits per heavy atom. The van der Waals surface area contributed by atoms with Crippen LogP contribution in [-0.4, -0.2) is 63.7 Å². The van der Waals surface area contributed by atoms with Crippen molar-refractivity contribution in [3.8, 4) is 0 Å². The molecule has 2 fully saturated rings. The van der Waals surface area contributed by atoms with Gasteiger partial charge in [-0.15, -0.1) is 24.0 Å². The van der Waals surface area contributed by atoms with Crippen LogP contribution in [0.3, 0.4) is 0 Å². The summed E-state index contributed by atoms with van der Waals surface area (Å²) in [6.07, 6.45) is 6.93. The standard InChI is InChI=1S/C23H35ClN4O2.HI/c1-28(2)21(29)15-26-22(25-14-18-10-13-30-16-18)27-17-23(11-6-3-7-12-23)19-8-4-5-9-20(19)24;/h4-5,8-9,18H,3,6-7,10-17H2,1-2H3,(H2,25,26,27);1H. The first-order valence-electron chi connectivity index (χ1n) is 11.1. The van der Waals surface area contributed by atoms with Gasteiger partial charge in [0, 0.05) is 50.1 Å². The van der Waals surface area contributed by atoms with Crippen LogP contribution >= 0.6 is 35.6 Å². The molecule has 1 atom stereocenters. The fraction of sp³-hybridized carbons (Fsp3) is 0.652. The van der Waals surface area contributed by atoms with Crippen molar-refractivity contribution < 1.29 is 9.53 Å².